The maximum absolute atomic E-state index is 11.7. The summed E-state index contributed by atoms with van der Waals surface area (Å²) in [6.45, 7) is 5.73. The number of carbonyl (C=O) groups excluding carboxylic acids is 1. The molecule has 1 atom stereocenters. The van der Waals surface area contributed by atoms with Gasteiger partial charge in [-0.2, -0.15) is 0 Å². The van der Waals surface area contributed by atoms with Crippen LogP contribution in [-0.4, -0.2) is 14.3 Å². The Morgan fingerprint density at radius 1 is 1.32 bits per heavy atom. The lowest BCUT2D eigenvalue weighted by molar-refractivity contribution is -0.122. The Bertz CT molecular complexity index is 553. The van der Waals surface area contributed by atoms with Gasteiger partial charge in [0.1, 0.15) is 0 Å². The Kier molecular flexibility index (Phi) is 5.08. The molecule has 1 rings (SSSR count). The molecule has 19 heavy (non-hydrogen) atoms. The van der Waals surface area contributed by atoms with Gasteiger partial charge < -0.3 is 5.32 Å². The van der Waals surface area contributed by atoms with E-state index in [1.54, 1.807) is 19.1 Å². The highest BCUT2D eigenvalue weighted by molar-refractivity contribution is 7.89. The van der Waals surface area contributed by atoms with Crippen LogP contribution in [0.1, 0.15) is 38.8 Å². The standard InChI is InChI=1S/C13H20N2O3S/c1-9(2)7-13(16)15-10(3)11-5-4-6-12(8-11)19(14,17)18/h4-6,8-10H,7H2,1-3H3,(H,15,16)(H2,14,17,18). The van der Waals surface area contributed by atoms with Crippen molar-refractivity contribution in [3.63, 3.8) is 0 Å². The first-order valence-electron chi connectivity index (χ1n) is 6.12. The summed E-state index contributed by atoms with van der Waals surface area (Å²) in [6.07, 6.45) is 0.444. The maximum Gasteiger partial charge on any atom is 0.238 e. The van der Waals surface area contributed by atoms with Crippen molar-refractivity contribution in [2.75, 3.05) is 0 Å². The molecule has 1 aromatic rings. The number of nitrogens with one attached hydrogen (secondary N) is 1. The van der Waals surface area contributed by atoms with Crippen LogP contribution in [0.4, 0.5) is 0 Å². The van der Waals surface area contributed by atoms with E-state index in [4.69, 9.17) is 5.14 Å². The smallest absolute Gasteiger partial charge is 0.238 e. The molecule has 0 spiro atoms. The van der Waals surface area contributed by atoms with E-state index < -0.39 is 10.0 Å². The molecule has 0 fully saturated rings. The molecule has 0 aliphatic carbocycles. The van der Waals surface area contributed by atoms with E-state index in [9.17, 15) is 13.2 Å². The lowest BCUT2D eigenvalue weighted by Gasteiger charge is -2.16. The van der Waals surface area contributed by atoms with Crippen molar-refractivity contribution in [1.82, 2.24) is 5.32 Å². The molecule has 0 aromatic heterocycles. The molecule has 0 heterocycles. The molecule has 106 valence electrons. The third-order valence-electron chi connectivity index (χ3n) is 2.66. The predicted octanol–water partition coefficient (Wildman–Crippen LogP) is 1.56. The summed E-state index contributed by atoms with van der Waals surface area (Å²) in [6, 6.07) is 6.03. The Morgan fingerprint density at radius 3 is 2.47 bits per heavy atom. The van der Waals surface area contributed by atoms with Crippen molar-refractivity contribution in [1.29, 1.82) is 0 Å². The summed E-state index contributed by atoms with van der Waals surface area (Å²) in [5.41, 5.74) is 0.712. The number of sulfonamides is 1. The van der Waals surface area contributed by atoms with Gasteiger partial charge in [-0.15, -0.1) is 0 Å². The van der Waals surface area contributed by atoms with Crippen LogP contribution in [0, 0.1) is 5.92 Å². The molecule has 5 nitrogen and oxygen atoms in total. The summed E-state index contributed by atoms with van der Waals surface area (Å²) in [4.78, 5) is 11.7. The van der Waals surface area contributed by atoms with E-state index in [1.807, 2.05) is 13.8 Å². The predicted molar refractivity (Wildman–Crippen MR) is 73.8 cm³/mol. The summed E-state index contributed by atoms with van der Waals surface area (Å²) >= 11 is 0. The first-order valence-corrected chi connectivity index (χ1v) is 7.67. The minimum atomic E-state index is -3.72. The van der Waals surface area contributed by atoms with Crippen molar-refractivity contribution in [3.05, 3.63) is 29.8 Å². The zero-order chi connectivity index (χ0) is 14.6. The Hall–Kier alpha value is -1.40. The van der Waals surface area contributed by atoms with Gasteiger partial charge in [0.05, 0.1) is 10.9 Å². The van der Waals surface area contributed by atoms with Gasteiger partial charge in [-0.3, -0.25) is 4.79 Å². The minimum absolute atomic E-state index is 0.0509. The first kappa shape index (κ1) is 15.7. The van der Waals surface area contributed by atoms with Gasteiger partial charge >= 0.3 is 0 Å². The summed E-state index contributed by atoms with van der Waals surface area (Å²) < 4.78 is 22.5. The molecule has 1 amide bonds. The van der Waals surface area contributed by atoms with Gasteiger partial charge in [0.15, 0.2) is 0 Å². The van der Waals surface area contributed by atoms with Gasteiger partial charge in [-0.1, -0.05) is 26.0 Å². The maximum atomic E-state index is 11.7. The van der Waals surface area contributed by atoms with Crippen molar-refractivity contribution >= 4 is 15.9 Å². The molecule has 0 bridgehead atoms. The van der Waals surface area contributed by atoms with Gasteiger partial charge in [0, 0.05) is 6.42 Å². The first-order chi connectivity index (χ1) is 8.70. The average Bonchev–Trinajstić information content (AvgIpc) is 2.26. The van der Waals surface area contributed by atoms with Crippen LogP contribution < -0.4 is 10.5 Å². The molecule has 6 heteroatoms. The Morgan fingerprint density at radius 2 is 1.95 bits per heavy atom. The van der Waals surface area contributed by atoms with Crippen molar-refractivity contribution in [2.24, 2.45) is 11.1 Å². The topological polar surface area (TPSA) is 89.3 Å². The summed E-state index contributed by atoms with van der Waals surface area (Å²) in [5.74, 6) is 0.228. The molecule has 0 aliphatic heterocycles. The Balaban J connectivity index is 2.83. The molecular formula is C13H20N2O3S. The fourth-order valence-corrected chi connectivity index (χ4v) is 2.28. The van der Waals surface area contributed by atoms with E-state index in [-0.39, 0.29) is 22.8 Å². The lowest BCUT2D eigenvalue weighted by atomic mass is 10.1. The Labute approximate surface area is 114 Å². The van der Waals surface area contributed by atoms with Crippen LogP contribution in [0.2, 0.25) is 0 Å². The number of amides is 1. The van der Waals surface area contributed by atoms with E-state index in [0.29, 0.717) is 12.0 Å². The van der Waals surface area contributed by atoms with Crippen LogP contribution in [0.15, 0.2) is 29.2 Å². The largest absolute Gasteiger partial charge is 0.350 e. The van der Waals surface area contributed by atoms with Crippen LogP contribution >= 0.6 is 0 Å². The fraction of sp³-hybridized carbons (Fsp3) is 0.462. The number of rotatable bonds is 5. The molecule has 3 N–H and O–H groups in total. The number of hydrogen-bond acceptors (Lipinski definition) is 3. The van der Waals surface area contributed by atoms with Crippen LogP contribution in [0.3, 0.4) is 0 Å². The normalized spacial score (nSPS) is 13.3. The van der Waals surface area contributed by atoms with E-state index in [1.165, 1.54) is 12.1 Å². The van der Waals surface area contributed by atoms with Gasteiger partial charge in [0.2, 0.25) is 15.9 Å². The minimum Gasteiger partial charge on any atom is -0.350 e. The zero-order valence-corrected chi connectivity index (χ0v) is 12.2. The second-order valence-corrected chi connectivity index (χ2v) is 6.57. The highest BCUT2D eigenvalue weighted by Crippen LogP contribution is 2.17. The number of hydrogen-bond donors (Lipinski definition) is 2. The van der Waals surface area contributed by atoms with Gasteiger partial charge in [-0.25, -0.2) is 13.6 Å². The summed E-state index contributed by atoms with van der Waals surface area (Å²) in [5, 5.41) is 7.91. The van der Waals surface area contributed by atoms with E-state index in [2.05, 4.69) is 5.32 Å². The monoisotopic (exact) mass is 284 g/mol. The second kappa shape index (κ2) is 6.16. The SMILES string of the molecule is CC(C)CC(=O)NC(C)c1cccc(S(N)(=O)=O)c1. The lowest BCUT2D eigenvalue weighted by Crippen LogP contribution is -2.27. The van der Waals surface area contributed by atoms with Crippen LogP contribution in [0.5, 0.6) is 0 Å². The van der Waals surface area contributed by atoms with Crippen molar-refractivity contribution < 1.29 is 13.2 Å². The van der Waals surface area contributed by atoms with Crippen LogP contribution in [0.25, 0.3) is 0 Å². The average molecular weight is 284 g/mol. The molecule has 0 radical (unpaired) electrons. The van der Waals surface area contributed by atoms with Gasteiger partial charge in [0.25, 0.3) is 0 Å². The number of nitrogens with two attached hydrogens (primary N) is 1. The highest BCUT2D eigenvalue weighted by atomic mass is 32.2. The zero-order valence-electron chi connectivity index (χ0n) is 11.4. The van der Waals surface area contributed by atoms with Gasteiger partial charge in [-0.05, 0) is 30.5 Å². The van der Waals surface area contributed by atoms with E-state index >= 15 is 0 Å². The molecule has 0 aliphatic rings. The molecular weight excluding hydrogens is 264 g/mol. The molecule has 1 aromatic carbocycles. The van der Waals surface area contributed by atoms with Crippen molar-refractivity contribution in [2.45, 2.75) is 38.1 Å². The van der Waals surface area contributed by atoms with Crippen LogP contribution in [-0.2, 0) is 14.8 Å². The molecule has 1 unspecified atom stereocenters. The number of primary sulfonamides is 1. The molecule has 0 saturated heterocycles. The van der Waals surface area contributed by atoms with E-state index in [0.717, 1.165) is 0 Å². The quantitative estimate of drug-likeness (QED) is 0.859. The van der Waals surface area contributed by atoms with Crippen molar-refractivity contribution in [3.8, 4) is 0 Å². The number of benzene rings is 1. The highest BCUT2D eigenvalue weighted by Gasteiger charge is 2.14. The number of carbonyl (C=O) groups is 1. The third kappa shape index (κ3) is 5.00. The second-order valence-electron chi connectivity index (χ2n) is 5.00. The third-order valence-corrected chi connectivity index (χ3v) is 3.57. The molecule has 0 saturated carbocycles. The fourth-order valence-electron chi connectivity index (χ4n) is 1.72. The summed E-state index contributed by atoms with van der Waals surface area (Å²) in [7, 11) is -3.72.